The molecule has 1 atom stereocenters. The summed E-state index contributed by atoms with van der Waals surface area (Å²) in [5, 5.41) is 5.32. The minimum atomic E-state index is -0.105. The molecule has 0 aliphatic rings. The van der Waals surface area contributed by atoms with Crippen molar-refractivity contribution >= 4 is 39.7 Å². The number of rotatable bonds is 4. The molecule has 1 unspecified atom stereocenters. The zero-order valence-corrected chi connectivity index (χ0v) is 12.2. The Balaban J connectivity index is 2.05. The number of thiophene rings is 1. The molecule has 0 aromatic carbocycles. The van der Waals surface area contributed by atoms with Crippen molar-refractivity contribution in [1.82, 2.24) is 9.97 Å². The van der Waals surface area contributed by atoms with Crippen LogP contribution in [0.2, 0.25) is 0 Å². The first-order valence-electron chi connectivity index (χ1n) is 5.19. The number of halogens is 1. The van der Waals surface area contributed by atoms with E-state index in [-0.39, 0.29) is 11.6 Å². The standard InChI is InChI=1S/C11H12IN3OS/c1-7(5-8-3-2-4-17-8)15-10-9(12)11(16)14-6-13-10/h2-4,6-7H,5H2,1H3,(H2,13,14,15,16). The molecule has 4 nitrogen and oxygen atoms in total. The minimum absolute atomic E-state index is 0.105. The zero-order chi connectivity index (χ0) is 12.3. The van der Waals surface area contributed by atoms with Crippen molar-refractivity contribution in [1.29, 1.82) is 0 Å². The molecule has 2 rings (SSSR count). The van der Waals surface area contributed by atoms with Crippen molar-refractivity contribution in [2.75, 3.05) is 5.32 Å². The zero-order valence-electron chi connectivity index (χ0n) is 9.24. The molecule has 90 valence electrons. The Morgan fingerprint density at radius 3 is 3.18 bits per heavy atom. The smallest absolute Gasteiger partial charge is 0.266 e. The SMILES string of the molecule is CC(Cc1cccs1)Nc1nc[nH]c(=O)c1I. The number of nitrogens with zero attached hydrogens (tertiary/aromatic N) is 1. The van der Waals surface area contributed by atoms with Gasteiger partial charge in [-0.2, -0.15) is 0 Å². The molecule has 2 aromatic rings. The Labute approximate surface area is 117 Å². The van der Waals surface area contributed by atoms with E-state index in [1.54, 1.807) is 11.3 Å². The summed E-state index contributed by atoms with van der Waals surface area (Å²) in [4.78, 5) is 19.4. The number of H-pyrrole nitrogens is 1. The van der Waals surface area contributed by atoms with Gasteiger partial charge in [-0.05, 0) is 41.0 Å². The Kier molecular flexibility index (Phi) is 4.16. The van der Waals surface area contributed by atoms with Crippen LogP contribution in [0.15, 0.2) is 28.6 Å². The number of nitrogens with one attached hydrogen (secondary N) is 2. The highest BCUT2D eigenvalue weighted by atomic mass is 127. The molecule has 6 heteroatoms. The molecule has 0 fully saturated rings. The summed E-state index contributed by atoms with van der Waals surface area (Å²) in [6.07, 6.45) is 2.35. The third-order valence-corrected chi connectivity index (χ3v) is 4.17. The lowest BCUT2D eigenvalue weighted by Crippen LogP contribution is -2.22. The second kappa shape index (κ2) is 5.63. The van der Waals surface area contributed by atoms with E-state index in [0.29, 0.717) is 9.39 Å². The maximum atomic E-state index is 11.4. The van der Waals surface area contributed by atoms with Crippen molar-refractivity contribution in [2.24, 2.45) is 0 Å². The molecule has 17 heavy (non-hydrogen) atoms. The van der Waals surface area contributed by atoms with E-state index >= 15 is 0 Å². The molecular formula is C11H12IN3OS. The van der Waals surface area contributed by atoms with Gasteiger partial charge in [0.15, 0.2) is 0 Å². The molecule has 0 amide bonds. The van der Waals surface area contributed by atoms with E-state index in [2.05, 4.69) is 33.7 Å². The molecule has 2 heterocycles. The Hall–Kier alpha value is -0.890. The van der Waals surface area contributed by atoms with Crippen LogP contribution in [-0.4, -0.2) is 16.0 Å². The van der Waals surface area contributed by atoms with Gasteiger partial charge in [0.05, 0.1) is 6.33 Å². The van der Waals surface area contributed by atoms with Crippen LogP contribution >= 0.6 is 33.9 Å². The summed E-state index contributed by atoms with van der Waals surface area (Å²) in [6, 6.07) is 4.40. The summed E-state index contributed by atoms with van der Waals surface area (Å²) in [7, 11) is 0. The van der Waals surface area contributed by atoms with Crippen LogP contribution in [0.3, 0.4) is 0 Å². The van der Waals surface area contributed by atoms with Crippen molar-refractivity contribution in [2.45, 2.75) is 19.4 Å². The summed E-state index contributed by atoms with van der Waals surface area (Å²) < 4.78 is 0.600. The van der Waals surface area contributed by atoms with E-state index in [0.717, 1.165) is 6.42 Å². The van der Waals surface area contributed by atoms with Crippen molar-refractivity contribution in [3.63, 3.8) is 0 Å². The Morgan fingerprint density at radius 1 is 1.65 bits per heavy atom. The summed E-state index contributed by atoms with van der Waals surface area (Å²) in [5.41, 5.74) is -0.105. The van der Waals surface area contributed by atoms with Gasteiger partial charge in [-0.3, -0.25) is 4.79 Å². The van der Waals surface area contributed by atoms with E-state index in [4.69, 9.17) is 0 Å². The van der Waals surface area contributed by atoms with Crippen LogP contribution in [0, 0.1) is 3.57 Å². The fraction of sp³-hybridized carbons (Fsp3) is 0.273. The molecule has 0 radical (unpaired) electrons. The van der Waals surface area contributed by atoms with Crippen LogP contribution in [0.1, 0.15) is 11.8 Å². The molecule has 0 saturated carbocycles. The lowest BCUT2D eigenvalue weighted by atomic mass is 10.2. The van der Waals surface area contributed by atoms with Crippen LogP contribution < -0.4 is 10.9 Å². The van der Waals surface area contributed by atoms with Gasteiger partial charge in [0, 0.05) is 17.3 Å². The van der Waals surface area contributed by atoms with E-state index < -0.39 is 0 Å². The van der Waals surface area contributed by atoms with Crippen LogP contribution in [0.4, 0.5) is 5.82 Å². The van der Waals surface area contributed by atoms with Crippen LogP contribution in [0.5, 0.6) is 0 Å². The third kappa shape index (κ3) is 3.29. The summed E-state index contributed by atoms with van der Waals surface area (Å²) >= 11 is 3.74. The molecular weight excluding hydrogens is 349 g/mol. The average molecular weight is 361 g/mol. The first kappa shape index (κ1) is 12.6. The summed E-state index contributed by atoms with van der Waals surface area (Å²) in [5.74, 6) is 0.651. The highest BCUT2D eigenvalue weighted by molar-refractivity contribution is 14.1. The lowest BCUT2D eigenvalue weighted by Gasteiger charge is -2.14. The minimum Gasteiger partial charge on any atom is -0.366 e. The number of hydrogen-bond donors (Lipinski definition) is 2. The molecule has 0 saturated heterocycles. The van der Waals surface area contributed by atoms with Crippen LogP contribution in [0.25, 0.3) is 0 Å². The fourth-order valence-corrected chi connectivity index (χ4v) is 2.78. The summed E-state index contributed by atoms with van der Waals surface area (Å²) in [6.45, 7) is 2.08. The predicted molar refractivity (Wildman–Crippen MR) is 78.7 cm³/mol. The van der Waals surface area contributed by atoms with Gasteiger partial charge >= 0.3 is 0 Å². The highest BCUT2D eigenvalue weighted by Gasteiger charge is 2.09. The van der Waals surface area contributed by atoms with Crippen molar-refractivity contribution in [3.8, 4) is 0 Å². The van der Waals surface area contributed by atoms with Crippen molar-refractivity contribution < 1.29 is 0 Å². The quantitative estimate of drug-likeness (QED) is 0.823. The molecule has 0 aliphatic carbocycles. The van der Waals surface area contributed by atoms with Crippen molar-refractivity contribution in [3.05, 3.63) is 42.6 Å². The molecule has 0 bridgehead atoms. The van der Waals surface area contributed by atoms with Gasteiger partial charge in [-0.25, -0.2) is 4.98 Å². The topological polar surface area (TPSA) is 57.8 Å². The van der Waals surface area contributed by atoms with Gasteiger partial charge in [0.2, 0.25) is 0 Å². The Morgan fingerprint density at radius 2 is 2.47 bits per heavy atom. The number of anilines is 1. The maximum absolute atomic E-state index is 11.4. The molecule has 2 N–H and O–H groups in total. The fourth-order valence-electron chi connectivity index (χ4n) is 1.50. The number of aromatic amines is 1. The van der Waals surface area contributed by atoms with Gasteiger partial charge in [-0.1, -0.05) is 6.07 Å². The van der Waals surface area contributed by atoms with Gasteiger partial charge in [0.1, 0.15) is 9.39 Å². The van der Waals surface area contributed by atoms with E-state index in [9.17, 15) is 4.79 Å². The van der Waals surface area contributed by atoms with Gasteiger partial charge < -0.3 is 10.3 Å². The Bertz CT molecular complexity index is 538. The predicted octanol–water partition coefficient (Wildman–Crippen LogP) is 2.48. The number of aromatic nitrogens is 2. The largest absolute Gasteiger partial charge is 0.366 e. The van der Waals surface area contributed by atoms with Gasteiger partial charge in [0.25, 0.3) is 5.56 Å². The third-order valence-electron chi connectivity index (χ3n) is 2.27. The first-order chi connectivity index (χ1) is 8.16. The van der Waals surface area contributed by atoms with Crippen LogP contribution in [-0.2, 0) is 6.42 Å². The lowest BCUT2D eigenvalue weighted by molar-refractivity contribution is 0.791. The molecule has 2 aromatic heterocycles. The average Bonchev–Trinajstić information content (AvgIpc) is 2.77. The second-order valence-electron chi connectivity index (χ2n) is 3.72. The van der Waals surface area contributed by atoms with E-state index in [1.807, 2.05) is 28.7 Å². The molecule has 0 aliphatic heterocycles. The normalized spacial score (nSPS) is 12.4. The second-order valence-corrected chi connectivity index (χ2v) is 5.83. The first-order valence-corrected chi connectivity index (χ1v) is 7.14. The molecule has 0 spiro atoms. The van der Waals surface area contributed by atoms with Gasteiger partial charge in [-0.15, -0.1) is 11.3 Å². The van der Waals surface area contributed by atoms with E-state index in [1.165, 1.54) is 11.2 Å². The maximum Gasteiger partial charge on any atom is 0.266 e. The number of hydrogen-bond acceptors (Lipinski definition) is 4. The highest BCUT2D eigenvalue weighted by Crippen LogP contribution is 2.15. The monoisotopic (exact) mass is 361 g/mol.